The van der Waals surface area contributed by atoms with Crippen molar-refractivity contribution in [1.82, 2.24) is 20.0 Å². The van der Waals surface area contributed by atoms with Crippen LogP contribution < -0.4 is 27.4 Å². The van der Waals surface area contributed by atoms with E-state index >= 15 is 0 Å². The minimum atomic E-state index is -1.03. The zero-order chi connectivity index (χ0) is 21.9. The minimum Gasteiger partial charge on any atom is -0.465 e. The van der Waals surface area contributed by atoms with Gasteiger partial charge in [-0.2, -0.15) is 14.6 Å². The van der Waals surface area contributed by atoms with Crippen LogP contribution in [0.25, 0.3) is 11.0 Å². The van der Waals surface area contributed by atoms with Crippen LogP contribution in [0.1, 0.15) is 31.3 Å². The molecule has 6 rings (SSSR count). The Morgan fingerprint density at radius 3 is 2.88 bits per heavy atom. The number of benzene rings is 1. The Kier molecular flexibility index (Phi) is 3.91. The molecule has 3 unspecified atom stereocenters. The van der Waals surface area contributed by atoms with Crippen LogP contribution in [0.4, 0.5) is 11.9 Å². The Bertz CT molecular complexity index is 1320. The summed E-state index contributed by atoms with van der Waals surface area (Å²) in [5.41, 5.74) is 8.33. The van der Waals surface area contributed by atoms with Gasteiger partial charge >= 0.3 is 0 Å². The number of aromatic nitrogens is 3. The molecule has 0 aliphatic carbocycles. The van der Waals surface area contributed by atoms with Crippen molar-refractivity contribution >= 4 is 22.9 Å². The van der Waals surface area contributed by atoms with Gasteiger partial charge in [0.2, 0.25) is 17.5 Å². The van der Waals surface area contributed by atoms with Crippen molar-refractivity contribution in [2.45, 2.75) is 36.9 Å². The predicted molar refractivity (Wildman–Crippen MR) is 118 cm³/mol. The Labute approximate surface area is 183 Å². The molecule has 164 valence electrons. The molecule has 5 heterocycles. The second-order valence-electron chi connectivity index (χ2n) is 8.53. The number of furan rings is 2. The molecule has 1 aromatic carbocycles. The molecule has 0 radical (unpaired) electrons. The molecule has 0 amide bonds. The fraction of sp³-hybridized carbons (Fsp3) is 0.318. The van der Waals surface area contributed by atoms with E-state index in [0.29, 0.717) is 11.7 Å². The Morgan fingerprint density at radius 2 is 2.12 bits per heavy atom. The number of rotatable bonds is 4. The van der Waals surface area contributed by atoms with Crippen LogP contribution in [-0.4, -0.2) is 27.2 Å². The molecular weight excluding hydrogens is 408 g/mol. The lowest BCUT2D eigenvalue weighted by Crippen LogP contribution is -2.64. The number of nitrogens with two attached hydrogens (primary N) is 1. The van der Waals surface area contributed by atoms with Crippen LogP contribution in [-0.2, 0) is 11.1 Å². The zero-order valence-electron chi connectivity index (χ0n) is 17.6. The van der Waals surface area contributed by atoms with Gasteiger partial charge in [-0.3, -0.25) is 10.8 Å². The number of fused-ring (bicyclic) bond motifs is 2. The fourth-order valence-electron chi connectivity index (χ4n) is 5.14. The molecule has 0 saturated carbocycles. The van der Waals surface area contributed by atoms with Crippen LogP contribution >= 0.6 is 0 Å². The first kappa shape index (κ1) is 18.9. The van der Waals surface area contributed by atoms with Gasteiger partial charge in [-0.15, -0.1) is 0 Å². The zero-order valence-corrected chi connectivity index (χ0v) is 17.6. The summed E-state index contributed by atoms with van der Waals surface area (Å²) < 4.78 is 13.9. The molecule has 2 aliphatic rings. The normalized spacial score (nSPS) is 24.1. The highest BCUT2D eigenvalue weighted by molar-refractivity contribution is 5.78. The van der Waals surface area contributed by atoms with Crippen LogP contribution in [0.5, 0.6) is 0 Å². The largest absolute Gasteiger partial charge is 0.465 e. The van der Waals surface area contributed by atoms with Gasteiger partial charge in [0.05, 0.1) is 11.7 Å². The van der Waals surface area contributed by atoms with Crippen LogP contribution in [0.3, 0.4) is 0 Å². The molecular formula is C22H24N8O2. The highest BCUT2D eigenvalue weighted by atomic mass is 16.3. The first-order valence-electron chi connectivity index (χ1n) is 10.7. The maximum Gasteiger partial charge on any atom is 0.247 e. The Hall–Kier alpha value is -3.79. The van der Waals surface area contributed by atoms with E-state index in [0.717, 1.165) is 36.1 Å². The molecule has 32 heavy (non-hydrogen) atoms. The van der Waals surface area contributed by atoms with Crippen molar-refractivity contribution in [2.24, 2.45) is 0 Å². The van der Waals surface area contributed by atoms with E-state index in [1.165, 1.54) is 4.68 Å². The summed E-state index contributed by atoms with van der Waals surface area (Å²) in [6.07, 6.45) is 3.63. The molecule has 0 bridgehead atoms. The average molecular weight is 432 g/mol. The lowest BCUT2D eigenvalue weighted by molar-refractivity contribution is 0.167. The van der Waals surface area contributed by atoms with E-state index in [1.54, 1.807) is 6.26 Å². The maximum atomic E-state index is 8.36. The summed E-state index contributed by atoms with van der Waals surface area (Å²) in [5, 5.41) is 16.5. The molecule has 3 aromatic heterocycles. The van der Waals surface area contributed by atoms with Crippen LogP contribution in [0.2, 0.25) is 0 Å². The minimum absolute atomic E-state index is 0.0234. The molecule has 2 aliphatic heterocycles. The van der Waals surface area contributed by atoms with Crippen LogP contribution in [0, 0.1) is 5.41 Å². The molecule has 3 atom stereocenters. The summed E-state index contributed by atoms with van der Waals surface area (Å²) in [4.78, 5) is 8.34. The lowest BCUT2D eigenvalue weighted by Gasteiger charge is -2.46. The van der Waals surface area contributed by atoms with Gasteiger partial charge in [0.1, 0.15) is 11.3 Å². The Morgan fingerprint density at radius 1 is 1.25 bits per heavy atom. The van der Waals surface area contributed by atoms with E-state index in [1.807, 2.05) is 36.4 Å². The van der Waals surface area contributed by atoms with Crippen molar-refractivity contribution in [3.8, 4) is 0 Å². The maximum absolute atomic E-state index is 8.36. The van der Waals surface area contributed by atoms with Gasteiger partial charge in [0, 0.05) is 11.4 Å². The van der Waals surface area contributed by atoms with Crippen molar-refractivity contribution in [1.29, 1.82) is 5.41 Å². The van der Waals surface area contributed by atoms with E-state index in [2.05, 4.69) is 39.0 Å². The third-order valence-electron chi connectivity index (χ3n) is 6.81. The molecule has 0 spiro atoms. The summed E-state index contributed by atoms with van der Waals surface area (Å²) >= 11 is 0. The SMILES string of the molecule is CC(c1cc2ccccc2o1)(C1CCCN1)C1(c2ccco2)Nc2nc(N)nc(=N)n2N1. The third-order valence-corrected chi connectivity index (χ3v) is 6.81. The highest BCUT2D eigenvalue weighted by Crippen LogP contribution is 2.50. The van der Waals surface area contributed by atoms with E-state index in [4.69, 9.17) is 20.0 Å². The van der Waals surface area contributed by atoms with Gasteiger partial charge < -0.3 is 25.2 Å². The number of hydrogen-bond donors (Lipinski definition) is 5. The molecule has 6 N–H and O–H groups in total. The van der Waals surface area contributed by atoms with E-state index in [-0.39, 0.29) is 17.6 Å². The van der Waals surface area contributed by atoms with Crippen molar-refractivity contribution in [3.63, 3.8) is 0 Å². The predicted octanol–water partition coefficient (Wildman–Crippen LogP) is 2.21. The first-order valence-corrected chi connectivity index (χ1v) is 10.7. The molecule has 1 fully saturated rings. The summed E-state index contributed by atoms with van der Waals surface area (Å²) in [7, 11) is 0. The quantitative estimate of drug-likeness (QED) is 0.330. The summed E-state index contributed by atoms with van der Waals surface area (Å²) in [6, 6.07) is 13.8. The van der Waals surface area contributed by atoms with E-state index in [9.17, 15) is 0 Å². The number of nitrogens with zero attached hydrogens (tertiary/aromatic N) is 3. The van der Waals surface area contributed by atoms with Gasteiger partial charge in [0.25, 0.3) is 0 Å². The fourth-order valence-corrected chi connectivity index (χ4v) is 5.14. The number of nitrogens with one attached hydrogen (secondary N) is 4. The topological polar surface area (TPSA) is 143 Å². The summed E-state index contributed by atoms with van der Waals surface area (Å²) in [5.74, 6) is 1.84. The number of hydrogen-bond acceptors (Lipinski definition) is 9. The number of para-hydroxylation sites is 1. The van der Waals surface area contributed by atoms with Crippen molar-refractivity contribution in [2.75, 3.05) is 23.0 Å². The smallest absolute Gasteiger partial charge is 0.247 e. The monoisotopic (exact) mass is 432 g/mol. The van der Waals surface area contributed by atoms with Gasteiger partial charge in [0.15, 0.2) is 11.4 Å². The summed E-state index contributed by atoms with van der Waals surface area (Å²) in [6.45, 7) is 3.05. The average Bonchev–Trinajstić information content (AvgIpc) is 3.58. The lowest BCUT2D eigenvalue weighted by atomic mass is 9.67. The van der Waals surface area contributed by atoms with Gasteiger partial charge in [-0.1, -0.05) is 18.2 Å². The second kappa shape index (κ2) is 6.60. The first-order chi connectivity index (χ1) is 15.5. The van der Waals surface area contributed by atoms with Crippen molar-refractivity contribution in [3.05, 3.63) is 65.9 Å². The standard InChI is InChI=1S/C22H24N8O2/c1-21(15-8-4-10-25-15,17-12-13-6-2-3-7-14(13)32-17)22(16-9-5-11-31-16)28-20-27-18(23)26-19(24)30(20)29-22/h2-3,5-7,9,11-12,15,25,29H,4,8,10H2,1H3,(H4,23,24,26,27,28). The van der Waals surface area contributed by atoms with Crippen molar-refractivity contribution < 1.29 is 8.83 Å². The van der Waals surface area contributed by atoms with E-state index < -0.39 is 11.1 Å². The van der Waals surface area contributed by atoms with Gasteiger partial charge in [-0.05, 0) is 50.6 Å². The van der Waals surface area contributed by atoms with Crippen LogP contribution in [0.15, 0.2) is 57.6 Å². The third kappa shape index (κ3) is 2.46. The number of nitrogen functional groups attached to an aromatic ring is 1. The molecule has 1 saturated heterocycles. The highest BCUT2D eigenvalue weighted by Gasteiger charge is 2.62. The molecule has 10 heteroatoms. The molecule has 10 nitrogen and oxygen atoms in total. The molecule has 4 aromatic rings. The van der Waals surface area contributed by atoms with Gasteiger partial charge in [-0.25, -0.2) is 0 Å². The number of anilines is 2. The Balaban J connectivity index is 1.62. The second-order valence-corrected chi connectivity index (χ2v) is 8.53.